The van der Waals surface area contributed by atoms with E-state index in [1.807, 2.05) is 31.5 Å². The maximum atomic E-state index is 5.18. The van der Waals surface area contributed by atoms with Crippen molar-refractivity contribution in [2.24, 2.45) is 0 Å². The molecule has 0 aliphatic carbocycles. The summed E-state index contributed by atoms with van der Waals surface area (Å²) < 4.78 is 5.18. The summed E-state index contributed by atoms with van der Waals surface area (Å²) in [4.78, 5) is 8.83. The number of nitrogens with zero attached hydrogens (tertiary/aromatic N) is 2. The third kappa shape index (κ3) is 4.53. The number of hydrogen-bond donors (Lipinski definition) is 1. The molecule has 0 spiro atoms. The fraction of sp³-hybridized carbons (Fsp3) is 0.412. The summed E-state index contributed by atoms with van der Waals surface area (Å²) in [6.45, 7) is 4.99. The van der Waals surface area contributed by atoms with Crippen molar-refractivity contribution in [3.05, 3.63) is 53.6 Å². The maximum Gasteiger partial charge on any atom is 0.118 e. The van der Waals surface area contributed by atoms with E-state index in [0.29, 0.717) is 0 Å². The van der Waals surface area contributed by atoms with Gasteiger partial charge in [0.25, 0.3) is 0 Å². The number of rotatable bonds is 7. The molecule has 2 rings (SSSR count). The fourth-order valence-corrected chi connectivity index (χ4v) is 2.29. The topological polar surface area (TPSA) is 47.0 Å². The molecule has 0 aliphatic heterocycles. The van der Waals surface area contributed by atoms with Gasteiger partial charge in [0.2, 0.25) is 0 Å². The average molecular weight is 285 g/mol. The van der Waals surface area contributed by atoms with Crippen molar-refractivity contribution in [2.45, 2.75) is 32.7 Å². The van der Waals surface area contributed by atoms with E-state index in [2.05, 4.69) is 34.3 Å². The molecule has 0 saturated carbocycles. The van der Waals surface area contributed by atoms with Gasteiger partial charge in [-0.25, -0.2) is 0 Å². The molecule has 0 amide bonds. The minimum absolute atomic E-state index is 0.241. The van der Waals surface area contributed by atoms with Gasteiger partial charge in [-0.2, -0.15) is 0 Å². The lowest BCUT2D eigenvalue weighted by Crippen LogP contribution is -2.22. The molecule has 4 nitrogen and oxygen atoms in total. The van der Waals surface area contributed by atoms with Crippen LogP contribution in [0.4, 0.5) is 0 Å². The molecule has 21 heavy (non-hydrogen) atoms. The van der Waals surface area contributed by atoms with E-state index >= 15 is 0 Å². The number of benzene rings is 1. The van der Waals surface area contributed by atoms with E-state index in [0.717, 1.165) is 36.5 Å². The maximum absolute atomic E-state index is 5.18. The van der Waals surface area contributed by atoms with Gasteiger partial charge >= 0.3 is 0 Å². The van der Waals surface area contributed by atoms with E-state index in [-0.39, 0.29) is 6.04 Å². The molecule has 1 aromatic heterocycles. The van der Waals surface area contributed by atoms with Gasteiger partial charge in [0.05, 0.1) is 30.7 Å². The monoisotopic (exact) mass is 285 g/mol. The predicted octanol–water partition coefficient (Wildman–Crippen LogP) is 3.08. The van der Waals surface area contributed by atoms with E-state index in [4.69, 9.17) is 4.74 Å². The van der Waals surface area contributed by atoms with Crippen molar-refractivity contribution < 1.29 is 4.74 Å². The van der Waals surface area contributed by atoms with Crippen LogP contribution in [-0.2, 0) is 6.42 Å². The van der Waals surface area contributed by atoms with Crippen molar-refractivity contribution in [1.29, 1.82) is 0 Å². The lowest BCUT2D eigenvalue weighted by atomic mass is 10.0. The third-order valence-electron chi connectivity index (χ3n) is 3.49. The molecule has 2 aromatic rings. The molecule has 0 bridgehead atoms. The summed E-state index contributed by atoms with van der Waals surface area (Å²) in [6.07, 6.45) is 5.69. The number of hydrogen-bond acceptors (Lipinski definition) is 4. The van der Waals surface area contributed by atoms with Crippen LogP contribution in [0.3, 0.4) is 0 Å². The van der Waals surface area contributed by atoms with Crippen LogP contribution >= 0.6 is 0 Å². The van der Waals surface area contributed by atoms with Crippen LogP contribution in [0.15, 0.2) is 36.7 Å². The molecule has 1 atom stereocenters. The fourth-order valence-electron chi connectivity index (χ4n) is 2.29. The van der Waals surface area contributed by atoms with Gasteiger partial charge in [0.15, 0.2) is 0 Å². The molecular formula is C17H23N3O. The Bertz CT molecular complexity index is 537. The zero-order valence-electron chi connectivity index (χ0n) is 13.0. The summed E-state index contributed by atoms with van der Waals surface area (Å²) in [5, 5.41) is 3.48. The van der Waals surface area contributed by atoms with E-state index in [1.165, 1.54) is 5.56 Å². The highest BCUT2D eigenvalue weighted by Crippen LogP contribution is 2.18. The van der Waals surface area contributed by atoms with E-state index in [1.54, 1.807) is 7.11 Å². The number of methoxy groups -OCH3 is 1. The number of aryl methyl sites for hydroxylation is 2. The van der Waals surface area contributed by atoms with Crippen molar-refractivity contribution in [1.82, 2.24) is 15.3 Å². The molecule has 1 heterocycles. The SMILES string of the molecule is CCNC(CCc1ccc(OC)cc1)c1cnc(C)cn1. The van der Waals surface area contributed by atoms with Crippen molar-refractivity contribution >= 4 is 0 Å². The third-order valence-corrected chi connectivity index (χ3v) is 3.49. The smallest absolute Gasteiger partial charge is 0.118 e. The summed E-state index contributed by atoms with van der Waals surface area (Å²) in [5.41, 5.74) is 3.26. The molecule has 0 radical (unpaired) electrons. The Kier molecular flexibility index (Phi) is 5.69. The van der Waals surface area contributed by atoms with Gasteiger partial charge < -0.3 is 10.1 Å². The molecule has 112 valence electrons. The number of aromatic nitrogens is 2. The second-order valence-corrected chi connectivity index (χ2v) is 5.08. The minimum atomic E-state index is 0.241. The molecule has 0 saturated heterocycles. The molecule has 1 aromatic carbocycles. The molecule has 1 unspecified atom stereocenters. The van der Waals surface area contributed by atoms with Crippen LogP contribution in [-0.4, -0.2) is 23.6 Å². The first kappa shape index (κ1) is 15.4. The van der Waals surface area contributed by atoms with Crippen molar-refractivity contribution in [2.75, 3.05) is 13.7 Å². The average Bonchev–Trinajstić information content (AvgIpc) is 2.53. The Morgan fingerprint density at radius 2 is 1.90 bits per heavy atom. The van der Waals surface area contributed by atoms with E-state index in [9.17, 15) is 0 Å². The van der Waals surface area contributed by atoms with Gasteiger partial charge in [-0.3, -0.25) is 9.97 Å². The largest absolute Gasteiger partial charge is 0.497 e. The Morgan fingerprint density at radius 3 is 2.48 bits per heavy atom. The van der Waals surface area contributed by atoms with Crippen LogP contribution < -0.4 is 10.1 Å². The zero-order chi connectivity index (χ0) is 15.1. The van der Waals surface area contributed by atoms with Gasteiger partial charge in [0.1, 0.15) is 5.75 Å². The second-order valence-electron chi connectivity index (χ2n) is 5.08. The Labute approximate surface area is 126 Å². The Morgan fingerprint density at radius 1 is 1.14 bits per heavy atom. The number of nitrogens with one attached hydrogen (secondary N) is 1. The normalized spacial score (nSPS) is 12.1. The standard InChI is InChI=1S/C17H23N3O/c1-4-18-16(17-12-19-13(2)11-20-17)10-7-14-5-8-15(21-3)9-6-14/h5-6,8-9,11-12,16,18H,4,7,10H2,1-3H3. The summed E-state index contributed by atoms with van der Waals surface area (Å²) in [5.74, 6) is 0.895. The molecule has 0 fully saturated rings. The minimum Gasteiger partial charge on any atom is -0.497 e. The first-order valence-corrected chi connectivity index (χ1v) is 7.37. The lowest BCUT2D eigenvalue weighted by Gasteiger charge is -2.17. The first-order chi connectivity index (χ1) is 10.2. The molecule has 4 heteroatoms. The van der Waals surface area contributed by atoms with Crippen LogP contribution in [0, 0.1) is 6.92 Å². The molecule has 1 N–H and O–H groups in total. The highest BCUT2D eigenvalue weighted by atomic mass is 16.5. The zero-order valence-corrected chi connectivity index (χ0v) is 13.0. The van der Waals surface area contributed by atoms with Gasteiger partial charge in [0, 0.05) is 6.20 Å². The van der Waals surface area contributed by atoms with E-state index < -0.39 is 0 Å². The van der Waals surface area contributed by atoms with Gasteiger partial charge in [-0.15, -0.1) is 0 Å². The van der Waals surface area contributed by atoms with Crippen LogP contribution in [0.25, 0.3) is 0 Å². The van der Waals surface area contributed by atoms with Crippen LogP contribution in [0.2, 0.25) is 0 Å². The molecular weight excluding hydrogens is 262 g/mol. The predicted molar refractivity (Wildman–Crippen MR) is 84.5 cm³/mol. The van der Waals surface area contributed by atoms with Gasteiger partial charge in [-0.05, 0) is 44.0 Å². The first-order valence-electron chi connectivity index (χ1n) is 7.37. The second kappa shape index (κ2) is 7.74. The Hall–Kier alpha value is -1.94. The highest BCUT2D eigenvalue weighted by molar-refractivity contribution is 5.27. The molecule has 0 aliphatic rings. The van der Waals surface area contributed by atoms with Crippen molar-refractivity contribution in [3.63, 3.8) is 0 Å². The van der Waals surface area contributed by atoms with Crippen molar-refractivity contribution in [3.8, 4) is 5.75 Å². The Balaban J connectivity index is 2.00. The lowest BCUT2D eigenvalue weighted by molar-refractivity contribution is 0.414. The van der Waals surface area contributed by atoms with Crippen LogP contribution in [0.5, 0.6) is 5.75 Å². The summed E-state index contributed by atoms with van der Waals surface area (Å²) >= 11 is 0. The quantitative estimate of drug-likeness (QED) is 0.849. The summed E-state index contributed by atoms with van der Waals surface area (Å²) in [7, 11) is 1.69. The number of ether oxygens (including phenoxy) is 1. The summed E-state index contributed by atoms with van der Waals surface area (Å²) in [6, 6.07) is 8.47. The van der Waals surface area contributed by atoms with Gasteiger partial charge in [-0.1, -0.05) is 19.1 Å². The highest BCUT2D eigenvalue weighted by Gasteiger charge is 2.12. The van der Waals surface area contributed by atoms with Crippen LogP contribution in [0.1, 0.15) is 36.3 Å².